The van der Waals surface area contributed by atoms with Gasteiger partial charge in [0, 0.05) is 12.4 Å². The van der Waals surface area contributed by atoms with Crippen LogP contribution < -0.4 is 0 Å². The number of carbonyl (C=O) groups is 1. The van der Waals surface area contributed by atoms with Crippen molar-refractivity contribution in [2.24, 2.45) is 0 Å². The van der Waals surface area contributed by atoms with Crippen molar-refractivity contribution in [1.29, 1.82) is 5.26 Å². The molecule has 0 unspecified atom stereocenters. The lowest BCUT2D eigenvalue weighted by atomic mass is 10.1. The van der Waals surface area contributed by atoms with Crippen LogP contribution in [0.4, 0.5) is 0 Å². The Bertz CT molecular complexity index is 915. The summed E-state index contributed by atoms with van der Waals surface area (Å²) < 4.78 is 12.6. The van der Waals surface area contributed by atoms with Gasteiger partial charge in [-0.1, -0.05) is 29.8 Å². The molecule has 0 aliphatic carbocycles. The van der Waals surface area contributed by atoms with E-state index in [4.69, 9.17) is 9.15 Å². The molecule has 3 aromatic rings. The van der Waals surface area contributed by atoms with Crippen LogP contribution in [-0.2, 0) is 11.3 Å². The first-order chi connectivity index (χ1) is 11.6. The van der Waals surface area contributed by atoms with Gasteiger partial charge in [-0.15, -0.1) is 0 Å². The van der Waals surface area contributed by atoms with Gasteiger partial charge in [0.25, 0.3) is 0 Å². The first kappa shape index (κ1) is 15.6. The monoisotopic (exact) mass is 320 g/mol. The van der Waals surface area contributed by atoms with Crippen molar-refractivity contribution >= 4 is 5.97 Å². The minimum atomic E-state index is -0.562. The average molecular weight is 320 g/mol. The fourth-order valence-electron chi connectivity index (χ4n) is 2.55. The molecule has 24 heavy (non-hydrogen) atoms. The summed E-state index contributed by atoms with van der Waals surface area (Å²) in [6.45, 7) is 3.77. The van der Waals surface area contributed by atoms with Gasteiger partial charge in [0.15, 0.2) is 0 Å². The standard InChI is InChI=1S/C19H16N2O3/c1-13-6-5-7-15(10-13)12-23-19(22)17-14(2)24-18(16(17)11-20)21-8-3-4-9-21/h3-10H,12H2,1-2H3. The first-order valence-corrected chi connectivity index (χ1v) is 7.49. The molecule has 120 valence electrons. The summed E-state index contributed by atoms with van der Waals surface area (Å²) in [5, 5.41) is 9.45. The zero-order valence-corrected chi connectivity index (χ0v) is 13.4. The van der Waals surface area contributed by atoms with Crippen molar-refractivity contribution in [3.8, 4) is 12.0 Å². The second-order valence-corrected chi connectivity index (χ2v) is 5.48. The Morgan fingerprint density at radius 3 is 2.67 bits per heavy atom. The van der Waals surface area contributed by atoms with E-state index < -0.39 is 5.97 Å². The van der Waals surface area contributed by atoms with Crippen LogP contribution in [0.2, 0.25) is 0 Å². The molecule has 0 aliphatic heterocycles. The van der Waals surface area contributed by atoms with E-state index in [1.165, 1.54) is 0 Å². The zero-order valence-electron chi connectivity index (χ0n) is 13.4. The highest BCUT2D eigenvalue weighted by Gasteiger charge is 2.25. The second-order valence-electron chi connectivity index (χ2n) is 5.48. The third-order valence-electron chi connectivity index (χ3n) is 3.67. The molecule has 0 N–H and O–H groups in total. The highest BCUT2D eigenvalue weighted by atomic mass is 16.5. The third-order valence-corrected chi connectivity index (χ3v) is 3.67. The van der Waals surface area contributed by atoms with Crippen molar-refractivity contribution < 1.29 is 13.9 Å². The van der Waals surface area contributed by atoms with Crippen molar-refractivity contribution in [1.82, 2.24) is 4.57 Å². The molecule has 5 heteroatoms. The van der Waals surface area contributed by atoms with Crippen molar-refractivity contribution in [2.45, 2.75) is 20.5 Å². The number of rotatable bonds is 4. The van der Waals surface area contributed by atoms with Gasteiger partial charge in [-0.25, -0.2) is 4.79 Å². The van der Waals surface area contributed by atoms with E-state index in [9.17, 15) is 10.1 Å². The Hall–Kier alpha value is -3.26. The number of benzene rings is 1. The van der Waals surface area contributed by atoms with E-state index >= 15 is 0 Å². The molecule has 0 saturated heterocycles. The van der Waals surface area contributed by atoms with Gasteiger partial charge in [-0.05, 0) is 31.5 Å². The van der Waals surface area contributed by atoms with Crippen LogP contribution in [0, 0.1) is 25.2 Å². The average Bonchev–Trinajstić information content (AvgIpc) is 3.19. The van der Waals surface area contributed by atoms with E-state index in [1.54, 1.807) is 23.9 Å². The van der Waals surface area contributed by atoms with Gasteiger partial charge in [-0.3, -0.25) is 4.57 Å². The molecule has 0 saturated carbocycles. The van der Waals surface area contributed by atoms with Gasteiger partial charge in [0.05, 0.1) is 0 Å². The number of esters is 1. The zero-order chi connectivity index (χ0) is 17.1. The smallest absolute Gasteiger partial charge is 0.343 e. The molecule has 0 atom stereocenters. The second kappa shape index (κ2) is 6.47. The summed E-state index contributed by atoms with van der Waals surface area (Å²) in [6.07, 6.45) is 3.50. The Labute approximate surface area is 139 Å². The van der Waals surface area contributed by atoms with Gasteiger partial charge in [0.1, 0.15) is 29.6 Å². The van der Waals surface area contributed by atoms with Crippen LogP contribution in [0.5, 0.6) is 0 Å². The fraction of sp³-hybridized carbons (Fsp3) is 0.158. The minimum absolute atomic E-state index is 0.148. The quantitative estimate of drug-likeness (QED) is 0.683. The lowest BCUT2D eigenvalue weighted by Crippen LogP contribution is -2.08. The summed E-state index contributed by atoms with van der Waals surface area (Å²) in [4.78, 5) is 12.4. The highest BCUT2D eigenvalue weighted by Crippen LogP contribution is 2.26. The molecule has 0 fully saturated rings. The first-order valence-electron chi connectivity index (χ1n) is 7.49. The molecule has 0 radical (unpaired) electrons. The van der Waals surface area contributed by atoms with Crippen LogP contribution in [0.3, 0.4) is 0 Å². The minimum Gasteiger partial charge on any atom is -0.457 e. The summed E-state index contributed by atoms with van der Waals surface area (Å²) in [5.41, 5.74) is 2.34. The molecule has 0 spiro atoms. The predicted octanol–water partition coefficient (Wildman–Crippen LogP) is 3.92. The SMILES string of the molecule is Cc1cccc(COC(=O)c2c(C)oc(-n3cccc3)c2C#N)c1. The number of aromatic nitrogens is 1. The molecule has 3 rings (SSSR count). The van der Waals surface area contributed by atoms with E-state index in [2.05, 4.69) is 0 Å². The van der Waals surface area contributed by atoms with E-state index in [0.717, 1.165) is 11.1 Å². The summed E-state index contributed by atoms with van der Waals surface area (Å²) in [6, 6.07) is 13.4. The Balaban J connectivity index is 1.86. The summed E-state index contributed by atoms with van der Waals surface area (Å²) in [5.74, 6) is 0.125. The number of nitriles is 1. The number of hydrogen-bond donors (Lipinski definition) is 0. The van der Waals surface area contributed by atoms with Crippen molar-refractivity contribution in [2.75, 3.05) is 0 Å². The van der Waals surface area contributed by atoms with Gasteiger partial charge in [0.2, 0.25) is 5.88 Å². The maximum absolute atomic E-state index is 12.4. The maximum Gasteiger partial charge on any atom is 0.343 e. The van der Waals surface area contributed by atoms with Crippen LogP contribution in [0.1, 0.15) is 32.8 Å². The number of ether oxygens (including phenoxy) is 1. The van der Waals surface area contributed by atoms with Crippen LogP contribution in [0.15, 0.2) is 53.2 Å². The number of furan rings is 1. The molecule has 0 amide bonds. The Kier molecular flexibility index (Phi) is 4.21. The van der Waals surface area contributed by atoms with E-state index in [0.29, 0.717) is 11.6 Å². The van der Waals surface area contributed by atoms with Crippen molar-refractivity contribution in [3.05, 3.63) is 76.8 Å². The molecule has 0 bridgehead atoms. The molecule has 1 aromatic carbocycles. The van der Waals surface area contributed by atoms with E-state index in [-0.39, 0.29) is 17.7 Å². The van der Waals surface area contributed by atoms with Gasteiger partial charge in [-0.2, -0.15) is 5.26 Å². The van der Waals surface area contributed by atoms with Gasteiger partial charge < -0.3 is 9.15 Å². The topological polar surface area (TPSA) is 68.2 Å². The third kappa shape index (κ3) is 2.95. The van der Waals surface area contributed by atoms with Crippen LogP contribution >= 0.6 is 0 Å². The Morgan fingerprint density at radius 2 is 2.00 bits per heavy atom. The van der Waals surface area contributed by atoms with Crippen LogP contribution in [0.25, 0.3) is 5.88 Å². The largest absolute Gasteiger partial charge is 0.457 e. The molecular weight excluding hydrogens is 304 g/mol. The molecule has 0 aliphatic rings. The lowest BCUT2D eigenvalue weighted by Gasteiger charge is -2.05. The number of aryl methyl sites for hydroxylation is 2. The summed E-state index contributed by atoms with van der Waals surface area (Å²) in [7, 11) is 0. The fourth-order valence-corrected chi connectivity index (χ4v) is 2.55. The molecule has 5 nitrogen and oxygen atoms in total. The van der Waals surface area contributed by atoms with Gasteiger partial charge >= 0.3 is 5.97 Å². The predicted molar refractivity (Wildman–Crippen MR) is 87.8 cm³/mol. The number of carbonyl (C=O) groups excluding carboxylic acids is 1. The normalized spacial score (nSPS) is 10.4. The molecular formula is C19H16N2O3. The molecule has 2 aromatic heterocycles. The van der Waals surface area contributed by atoms with Crippen LogP contribution in [-0.4, -0.2) is 10.5 Å². The Morgan fingerprint density at radius 1 is 1.25 bits per heavy atom. The number of hydrogen-bond acceptors (Lipinski definition) is 4. The van der Waals surface area contributed by atoms with E-state index in [1.807, 2.05) is 49.4 Å². The highest BCUT2D eigenvalue weighted by molar-refractivity contribution is 5.94. The number of nitrogens with zero attached hydrogens (tertiary/aromatic N) is 2. The maximum atomic E-state index is 12.4. The molecule has 2 heterocycles. The summed E-state index contributed by atoms with van der Waals surface area (Å²) >= 11 is 0. The van der Waals surface area contributed by atoms with Crippen molar-refractivity contribution in [3.63, 3.8) is 0 Å². The lowest BCUT2D eigenvalue weighted by molar-refractivity contribution is 0.0470.